The van der Waals surface area contributed by atoms with Gasteiger partial charge >= 0.3 is 5.97 Å². The van der Waals surface area contributed by atoms with Crippen molar-refractivity contribution in [2.24, 2.45) is 11.1 Å². The van der Waals surface area contributed by atoms with Crippen LogP contribution < -0.4 is 5.73 Å². The molecule has 116 valence electrons. The largest absolute Gasteiger partial charge is 0.481 e. The zero-order valence-corrected chi connectivity index (χ0v) is 13.1. The lowest BCUT2D eigenvalue weighted by molar-refractivity contribution is -0.137. The number of nitrogens with two attached hydrogens (primary N) is 1. The molecule has 0 saturated heterocycles. The van der Waals surface area contributed by atoms with E-state index in [9.17, 15) is 4.79 Å². The van der Waals surface area contributed by atoms with Crippen LogP contribution >= 0.6 is 0 Å². The fraction of sp³-hybridized carbons (Fsp3) is 0.611. The summed E-state index contributed by atoms with van der Waals surface area (Å²) in [4.78, 5) is 10.6. The first-order chi connectivity index (χ1) is 9.87. The van der Waals surface area contributed by atoms with Crippen LogP contribution in [0.15, 0.2) is 24.3 Å². The van der Waals surface area contributed by atoms with Gasteiger partial charge in [0.15, 0.2) is 0 Å². The number of rotatable bonds is 5. The highest BCUT2D eigenvalue weighted by Gasteiger charge is 2.27. The Hall–Kier alpha value is -1.35. The quantitative estimate of drug-likeness (QED) is 0.852. The van der Waals surface area contributed by atoms with Crippen LogP contribution in [0.4, 0.5) is 0 Å². The third-order valence-electron chi connectivity index (χ3n) is 4.84. The summed E-state index contributed by atoms with van der Waals surface area (Å²) in [5.74, 6) is -0.116. The first kappa shape index (κ1) is 16.0. The van der Waals surface area contributed by atoms with Crippen LogP contribution in [0.3, 0.4) is 0 Å². The number of carbonyl (C=O) groups is 1. The Bertz CT molecular complexity index is 468. The van der Waals surface area contributed by atoms with Gasteiger partial charge in [-0.15, -0.1) is 0 Å². The molecule has 1 unspecified atom stereocenters. The normalized spacial score (nSPS) is 20.1. The Morgan fingerprint density at radius 2 is 1.86 bits per heavy atom. The van der Waals surface area contributed by atoms with E-state index in [1.165, 1.54) is 31.2 Å². The molecule has 0 amide bonds. The standard InChI is InChI=1S/C18H27NO2/c1-18(2)11-9-14(10-12-18)13-3-5-15(6-4-13)16(19)7-8-17(20)21/h3-6,14,16H,7-12,19H2,1-2H3,(H,20,21). The molecule has 1 aliphatic carbocycles. The van der Waals surface area contributed by atoms with Gasteiger partial charge in [0.2, 0.25) is 0 Å². The lowest BCUT2D eigenvalue weighted by Gasteiger charge is -2.34. The van der Waals surface area contributed by atoms with Crippen molar-refractivity contribution in [3.05, 3.63) is 35.4 Å². The molecule has 1 aromatic rings. The second kappa shape index (κ2) is 6.61. The Morgan fingerprint density at radius 1 is 1.29 bits per heavy atom. The molecule has 1 fully saturated rings. The van der Waals surface area contributed by atoms with Gasteiger partial charge in [0.05, 0.1) is 0 Å². The predicted octanol–water partition coefficient (Wildman–Crippen LogP) is 4.24. The van der Waals surface area contributed by atoms with Crippen LogP contribution in [0.5, 0.6) is 0 Å². The van der Waals surface area contributed by atoms with Gasteiger partial charge in [-0.25, -0.2) is 0 Å². The predicted molar refractivity (Wildman–Crippen MR) is 85.2 cm³/mol. The molecule has 0 aliphatic heterocycles. The van der Waals surface area contributed by atoms with E-state index in [1.54, 1.807) is 0 Å². The highest BCUT2D eigenvalue weighted by Crippen LogP contribution is 2.42. The lowest BCUT2D eigenvalue weighted by atomic mass is 9.71. The minimum atomic E-state index is -0.785. The Balaban J connectivity index is 1.94. The van der Waals surface area contributed by atoms with Crippen molar-refractivity contribution in [1.82, 2.24) is 0 Å². The second-order valence-electron chi connectivity index (χ2n) is 7.14. The summed E-state index contributed by atoms with van der Waals surface area (Å²) >= 11 is 0. The maximum absolute atomic E-state index is 10.6. The number of hydrogen-bond acceptors (Lipinski definition) is 2. The van der Waals surface area contributed by atoms with Crippen molar-refractivity contribution < 1.29 is 9.90 Å². The van der Waals surface area contributed by atoms with Crippen LogP contribution in [-0.2, 0) is 4.79 Å². The van der Waals surface area contributed by atoms with E-state index in [4.69, 9.17) is 10.8 Å². The fourth-order valence-corrected chi connectivity index (χ4v) is 3.19. The highest BCUT2D eigenvalue weighted by molar-refractivity contribution is 5.66. The smallest absolute Gasteiger partial charge is 0.303 e. The van der Waals surface area contributed by atoms with Gasteiger partial charge in [0, 0.05) is 12.5 Å². The van der Waals surface area contributed by atoms with Crippen molar-refractivity contribution >= 4 is 5.97 Å². The zero-order valence-electron chi connectivity index (χ0n) is 13.1. The molecule has 0 bridgehead atoms. The second-order valence-corrected chi connectivity index (χ2v) is 7.14. The molecule has 0 spiro atoms. The van der Waals surface area contributed by atoms with Gasteiger partial charge < -0.3 is 10.8 Å². The number of hydrogen-bond donors (Lipinski definition) is 2. The van der Waals surface area contributed by atoms with Crippen molar-refractivity contribution in [3.63, 3.8) is 0 Å². The van der Waals surface area contributed by atoms with Crippen molar-refractivity contribution in [2.45, 2.75) is 64.3 Å². The maximum atomic E-state index is 10.6. The molecule has 1 aromatic carbocycles. The molecule has 1 atom stereocenters. The summed E-state index contributed by atoms with van der Waals surface area (Å²) in [6.07, 6.45) is 5.72. The molecule has 3 N–H and O–H groups in total. The van der Waals surface area contributed by atoms with Gasteiger partial charge in [-0.05, 0) is 54.6 Å². The van der Waals surface area contributed by atoms with Crippen LogP contribution in [0.25, 0.3) is 0 Å². The Labute approximate surface area is 127 Å². The van der Waals surface area contributed by atoms with Crippen molar-refractivity contribution in [3.8, 4) is 0 Å². The monoisotopic (exact) mass is 289 g/mol. The average molecular weight is 289 g/mol. The molecule has 1 aliphatic rings. The minimum absolute atomic E-state index is 0.126. The molecule has 21 heavy (non-hydrogen) atoms. The van der Waals surface area contributed by atoms with Gasteiger partial charge in [0.1, 0.15) is 0 Å². The van der Waals surface area contributed by atoms with E-state index in [-0.39, 0.29) is 12.5 Å². The Kier molecular flexibility index (Phi) is 5.04. The van der Waals surface area contributed by atoms with Gasteiger partial charge in [-0.1, -0.05) is 38.1 Å². The first-order valence-electron chi connectivity index (χ1n) is 7.95. The summed E-state index contributed by atoms with van der Waals surface area (Å²) in [7, 11) is 0. The van der Waals surface area contributed by atoms with Crippen LogP contribution in [-0.4, -0.2) is 11.1 Å². The van der Waals surface area contributed by atoms with Crippen LogP contribution in [0.1, 0.15) is 75.5 Å². The van der Waals surface area contributed by atoms with E-state index in [2.05, 4.69) is 38.1 Å². The minimum Gasteiger partial charge on any atom is -0.481 e. The molecule has 2 rings (SSSR count). The number of carboxylic acids is 1. The summed E-state index contributed by atoms with van der Waals surface area (Å²) in [5.41, 5.74) is 8.98. The molecular weight excluding hydrogens is 262 g/mol. The summed E-state index contributed by atoms with van der Waals surface area (Å²) < 4.78 is 0. The van der Waals surface area contributed by atoms with Gasteiger partial charge in [-0.3, -0.25) is 4.79 Å². The average Bonchev–Trinajstić information content (AvgIpc) is 2.45. The maximum Gasteiger partial charge on any atom is 0.303 e. The summed E-state index contributed by atoms with van der Waals surface area (Å²) in [6, 6.07) is 8.32. The van der Waals surface area contributed by atoms with E-state index in [0.29, 0.717) is 17.8 Å². The molecule has 3 nitrogen and oxygen atoms in total. The number of benzene rings is 1. The van der Waals surface area contributed by atoms with Crippen LogP contribution in [0, 0.1) is 5.41 Å². The molecule has 0 radical (unpaired) electrons. The zero-order chi connectivity index (χ0) is 15.5. The van der Waals surface area contributed by atoms with Crippen molar-refractivity contribution in [2.75, 3.05) is 0 Å². The van der Waals surface area contributed by atoms with E-state index in [1.807, 2.05) is 0 Å². The molecule has 0 aromatic heterocycles. The first-order valence-corrected chi connectivity index (χ1v) is 7.95. The third-order valence-corrected chi connectivity index (χ3v) is 4.84. The number of carboxylic acid groups (broad SMARTS) is 1. The molecule has 3 heteroatoms. The third kappa shape index (κ3) is 4.57. The van der Waals surface area contributed by atoms with Crippen LogP contribution in [0.2, 0.25) is 0 Å². The van der Waals surface area contributed by atoms with Crippen molar-refractivity contribution in [1.29, 1.82) is 0 Å². The molecule has 0 heterocycles. The summed E-state index contributed by atoms with van der Waals surface area (Å²) in [5, 5.41) is 8.71. The van der Waals surface area contributed by atoms with E-state index >= 15 is 0 Å². The molecule has 1 saturated carbocycles. The highest BCUT2D eigenvalue weighted by atomic mass is 16.4. The van der Waals surface area contributed by atoms with E-state index in [0.717, 1.165) is 5.56 Å². The lowest BCUT2D eigenvalue weighted by Crippen LogP contribution is -2.20. The topological polar surface area (TPSA) is 63.3 Å². The Morgan fingerprint density at radius 3 is 2.38 bits per heavy atom. The number of aliphatic carboxylic acids is 1. The SMILES string of the molecule is CC1(C)CCC(c2ccc(C(N)CCC(=O)O)cc2)CC1. The van der Waals surface area contributed by atoms with Gasteiger partial charge in [0.25, 0.3) is 0 Å². The summed E-state index contributed by atoms with van der Waals surface area (Å²) in [6.45, 7) is 4.71. The molecular formula is C18H27NO2. The van der Waals surface area contributed by atoms with E-state index < -0.39 is 5.97 Å². The fourth-order valence-electron chi connectivity index (χ4n) is 3.19. The van der Waals surface area contributed by atoms with Gasteiger partial charge in [-0.2, -0.15) is 0 Å².